The van der Waals surface area contributed by atoms with Crippen molar-refractivity contribution in [2.75, 3.05) is 14.2 Å². The minimum absolute atomic E-state index is 0.214. The highest BCUT2D eigenvalue weighted by Gasteiger charge is 2.26. The van der Waals surface area contributed by atoms with Gasteiger partial charge in [0.15, 0.2) is 5.75 Å². The van der Waals surface area contributed by atoms with Crippen molar-refractivity contribution in [2.45, 2.75) is 25.9 Å². The Kier molecular flexibility index (Phi) is 4.99. The largest absolute Gasteiger partial charge is 0.496 e. The fourth-order valence-electron chi connectivity index (χ4n) is 2.18. The zero-order chi connectivity index (χ0) is 14.5. The summed E-state index contributed by atoms with van der Waals surface area (Å²) in [6, 6.07) is 1.71. The number of hydrogen-bond acceptors (Lipinski definition) is 6. The predicted molar refractivity (Wildman–Crippen MR) is 79.1 cm³/mol. The lowest BCUT2D eigenvalue weighted by atomic mass is 10.1. The van der Waals surface area contributed by atoms with E-state index in [1.54, 1.807) is 31.8 Å². The number of nitrogens with one attached hydrogen (secondary N) is 1. The lowest BCUT2D eigenvalue weighted by molar-refractivity contribution is 0.390. The summed E-state index contributed by atoms with van der Waals surface area (Å²) in [5, 5.41) is 6.35. The van der Waals surface area contributed by atoms with E-state index in [0.29, 0.717) is 0 Å². The standard InChI is InChI=1S/C13H20N4O2S/c1-4-6-17-12(10(19-3)8-15-17)11(16-14)13-9(18-2)5-7-20-13/h5,7-8,11,16H,4,6,14H2,1-3H3. The van der Waals surface area contributed by atoms with Crippen molar-refractivity contribution in [1.29, 1.82) is 0 Å². The van der Waals surface area contributed by atoms with E-state index in [4.69, 9.17) is 15.3 Å². The van der Waals surface area contributed by atoms with E-state index in [0.717, 1.165) is 35.0 Å². The lowest BCUT2D eigenvalue weighted by Crippen LogP contribution is -2.30. The molecule has 0 saturated carbocycles. The van der Waals surface area contributed by atoms with Crippen molar-refractivity contribution >= 4 is 11.3 Å². The van der Waals surface area contributed by atoms with E-state index < -0.39 is 0 Å². The molecule has 110 valence electrons. The first-order valence-corrected chi connectivity index (χ1v) is 7.31. The van der Waals surface area contributed by atoms with Crippen LogP contribution in [0, 0.1) is 0 Å². The Morgan fingerprint density at radius 1 is 1.40 bits per heavy atom. The van der Waals surface area contributed by atoms with Gasteiger partial charge in [0.1, 0.15) is 17.5 Å². The Morgan fingerprint density at radius 2 is 2.15 bits per heavy atom. The van der Waals surface area contributed by atoms with Crippen LogP contribution in [0.5, 0.6) is 11.5 Å². The van der Waals surface area contributed by atoms with Gasteiger partial charge < -0.3 is 9.47 Å². The summed E-state index contributed by atoms with van der Waals surface area (Å²) in [6.07, 6.45) is 2.70. The van der Waals surface area contributed by atoms with Crippen LogP contribution in [-0.4, -0.2) is 24.0 Å². The molecular formula is C13H20N4O2S. The van der Waals surface area contributed by atoms with Crippen molar-refractivity contribution in [3.05, 3.63) is 28.2 Å². The number of thiophene rings is 1. The maximum Gasteiger partial charge on any atom is 0.162 e. The van der Waals surface area contributed by atoms with Crippen LogP contribution in [0.1, 0.15) is 30.0 Å². The molecule has 0 aliphatic carbocycles. The summed E-state index contributed by atoms with van der Waals surface area (Å²) < 4.78 is 12.7. The van der Waals surface area contributed by atoms with Gasteiger partial charge in [0, 0.05) is 6.54 Å². The summed E-state index contributed by atoms with van der Waals surface area (Å²) in [4.78, 5) is 1.01. The number of nitrogens with zero attached hydrogens (tertiary/aromatic N) is 2. The Hall–Kier alpha value is -1.57. The smallest absolute Gasteiger partial charge is 0.162 e. The molecule has 6 nitrogen and oxygen atoms in total. The molecule has 2 aromatic rings. The van der Waals surface area contributed by atoms with E-state index in [9.17, 15) is 0 Å². The molecule has 7 heteroatoms. The number of aromatic nitrogens is 2. The second-order valence-corrected chi connectivity index (χ2v) is 5.22. The fraction of sp³-hybridized carbons (Fsp3) is 0.462. The van der Waals surface area contributed by atoms with Crippen molar-refractivity contribution in [2.24, 2.45) is 5.84 Å². The molecule has 0 amide bonds. The molecule has 0 spiro atoms. The summed E-state index contributed by atoms with van der Waals surface area (Å²) in [6.45, 7) is 2.92. The quantitative estimate of drug-likeness (QED) is 0.603. The Bertz CT molecular complexity index is 552. The minimum Gasteiger partial charge on any atom is -0.496 e. The Labute approximate surface area is 122 Å². The van der Waals surface area contributed by atoms with Crippen LogP contribution < -0.4 is 20.7 Å². The molecule has 1 unspecified atom stereocenters. The number of nitrogens with two attached hydrogens (primary N) is 1. The predicted octanol–water partition coefficient (Wildman–Crippen LogP) is 1.92. The second-order valence-electron chi connectivity index (χ2n) is 4.27. The van der Waals surface area contributed by atoms with Gasteiger partial charge in [-0.25, -0.2) is 5.43 Å². The fourth-order valence-corrected chi connectivity index (χ4v) is 3.10. The second kappa shape index (κ2) is 6.74. The first-order valence-electron chi connectivity index (χ1n) is 6.44. The molecule has 0 saturated heterocycles. The van der Waals surface area contributed by atoms with Crippen LogP contribution in [0.3, 0.4) is 0 Å². The number of hydrazine groups is 1. The average molecular weight is 296 g/mol. The summed E-state index contributed by atoms with van der Waals surface area (Å²) in [5.74, 6) is 7.30. The van der Waals surface area contributed by atoms with Gasteiger partial charge in [-0.1, -0.05) is 6.92 Å². The zero-order valence-electron chi connectivity index (χ0n) is 11.9. The van der Waals surface area contributed by atoms with Crippen LogP contribution in [0.4, 0.5) is 0 Å². The van der Waals surface area contributed by atoms with Crippen LogP contribution in [-0.2, 0) is 6.54 Å². The number of ether oxygens (including phenoxy) is 2. The first kappa shape index (κ1) is 14.8. The van der Waals surface area contributed by atoms with Gasteiger partial charge in [-0.15, -0.1) is 11.3 Å². The molecule has 2 heterocycles. The molecule has 0 radical (unpaired) electrons. The van der Waals surface area contributed by atoms with Crippen LogP contribution in [0.2, 0.25) is 0 Å². The van der Waals surface area contributed by atoms with Gasteiger partial charge in [-0.3, -0.25) is 10.5 Å². The summed E-state index contributed by atoms with van der Waals surface area (Å²) in [7, 11) is 3.29. The van der Waals surface area contributed by atoms with Gasteiger partial charge in [-0.05, 0) is 17.9 Å². The SMILES string of the molecule is CCCn1ncc(OC)c1C(NN)c1sccc1OC. The monoisotopic (exact) mass is 296 g/mol. The average Bonchev–Trinajstić information content (AvgIpc) is 3.08. The van der Waals surface area contributed by atoms with E-state index in [-0.39, 0.29) is 6.04 Å². The molecular weight excluding hydrogens is 276 g/mol. The Balaban J connectivity index is 2.48. The molecule has 2 aromatic heterocycles. The maximum absolute atomic E-state index is 5.77. The van der Waals surface area contributed by atoms with Crippen LogP contribution >= 0.6 is 11.3 Å². The third-order valence-electron chi connectivity index (χ3n) is 3.08. The number of aryl methyl sites for hydroxylation is 1. The molecule has 1 atom stereocenters. The molecule has 2 rings (SSSR count). The third kappa shape index (κ3) is 2.65. The Morgan fingerprint density at radius 3 is 2.75 bits per heavy atom. The number of hydrogen-bond donors (Lipinski definition) is 2. The van der Waals surface area contributed by atoms with Gasteiger partial charge in [-0.2, -0.15) is 5.10 Å². The van der Waals surface area contributed by atoms with Gasteiger partial charge in [0.25, 0.3) is 0 Å². The van der Waals surface area contributed by atoms with Gasteiger partial charge in [0.2, 0.25) is 0 Å². The van der Waals surface area contributed by atoms with Gasteiger partial charge >= 0.3 is 0 Å². The molecule has 0 aliphatic rings. The number of rotatable bonds is 7. The molecule has 0 aromatic carbocycles. The molecule has 20 heavy (non-hydrogen) atoms. The first-order chi connectivity index (χ1) is 9.76. The van der Waals surface area contributed by atoms with Crippen molar-refractivity contribution in [1.82, 2.24) is 15.2 Å². The lowest BCUT2D eigenvalue weighted by Gasteiger charge is -2.19. The van der Waals surface area contributed by atoms with Crippen molar-refractivity contribution in [3.63, 3.8) is 0 Å². The highest BCUT2D eigenvalue weighted by atomic mass is 32.1. The van der Waals surface area contributed by atoms with E-state index >= 15 is 0 Å². The normalized spacial score (nSPS) is 12.4. The molecule has 0 bridgehead atoms. The van der Waals surface area contributed by atoms with Crippen molar-refractivity contribution < 1.29 is 9.47 Å². The summed E-state index contributed by atoms with van der Waals surface area (Å²) in [5.41, 5.74) is 3.76. The molecule has 3 N–H and O–H groups in total. The molecule has 0 fully saturated rings. The highest BCUT2D eigenvalue weighted by molar-refractivity contribution is 7.10. The van der Waals surface area contributed by atoms with Gasteiger partial charge in [0.05, 0.1) is 25.3 Å². The zero-order valence-corrected chi connectivity index (χ0v) is 12.7. The minimum atomic E-state index is -0.214. The highest BCUT2D eigenvalue weighted by Crippen LogP contribution is 2.37. The van der Waals surface area contributed by atoms with E-state index in [1.807, 2.05) is 16.1 Å². The van der Waals surface area contributed by atoms with Crippen molar-refractivity contribution in [3.8, 4) is 11.5 Å². The number of methoxy groups -OCH3 is 2. The molecule has 0 aliphatic heterocycles. The third-order valence-corrected chi connectivity index (χ3v) is 4.04. The maximum atomic E-state index is 5.77. The van der Waals surface area contributed by atoms with E-state index in [1.165, 1.54) is 0 Å². The van der Waals surface area contributed by atoms with Crippen LogP contribution in [0.15, 0.2) is 17.6 Å². The van der Waals surface area contributed by atoms with Crippen LogP contribution in [0.25, 0.3) is 0 Å². The summed E-state index contributed by atoms with van der Waals surface area (Å²) >= 11 is 1.59. The topological polar surface area (TPSA) is 74.3 Å². The van der Waals surface area contributed by atoms with E-state index in [2.05, 4.69) is 17.4 Å².